The van der Waals surface area contributed by atoms with Crippen molar-refractivity contribution >= 4 is 36.7 Å². The van der Waals surface area contributed by atoms with Crippen LogP contribution in [-0.4, -0.2) is 41.0 Å². The summed E-state index contributed by atoms with van der Waals surface area (Å²) in [5, 5.41) is 3.04. The molecule has 2 heterocycles. The van der Waals surface area contributed by atoms with Crippen molar-refractivity contribution in [2.75, 3.05) is 18.0 Å². The highest BCUT2D eigenvalue weighted by Crippen LogP contribution is 2.15. The van der Waals surface area contributed by atoms with E-state index in [0.29, 0.717) is 0 Å². The molecule has 1 unspecified atom stereocenters. The molecule has 3 N–H and O–H groups in total. The Kier molecular flexibility index (Phi) is 9.32. The molecular formula is C14H25Cl2N5O. The lowest BCUT2D eigenvalue weighted by molar-refractivity contribution is -0.124. The first-order valence-electron chi connectivity index (χ1n) is 7.16. The Balaban J connectivity index is 0.00000220. The largest absolute Gasteiger partial charge is 0.350 e. The van der Waals surface area contributed by atoms with Gasteiger partial charge in [-0.05, 0) is 24.8 Å². The second kappa shape index (κ2) is 9.82. The minimum Gasteiger partial charge on any atom is -0.350 e. The molecule has 1 aliphatic heterocycles. The van der Waals surface area contributed by atoms with Crippen LogP contribution in [-0.2, 0) is 4.79 Å². The summed E-state index contributed by atoms with van der Waals surface area (Å²) in [6.45, 7) is 5.57. The monoisotopic (exact) mass is 349 g/mol. The maximum Gasteiger partial charge on any atom is 0.237 e. The van der Waals surface area contributed by atoms with Crippen LogP contribution in [0.1, 0.15) is 26.7 Å². The molecule has 2 rings (SSSR count). The van der Waals surface area contributed by atoms with Crippen LogP contribution in [0.3, 0.4) is 0 Å². The molecule has 0 bridgehead atoms. The first-order valence-corrected chi connectivity index (χ1v) is 7.16. The zero-order valence-corrected chi connectivity index (χ0v) is 14.6. The number of hydrogen-bond acceptors (Lipinski definition) is 5. The highest BCUT2D eigenvalue weighted by atomic mass is 35.5. The van der Waals surface area contributed by atoms with Gasteiger partial charge in [0, 0.05) is 31.5 Å². The van der Waals surface area contributed by atoms with Gasteiger partial charge in [0.25, 0.3) is 0 Å². The van der Waals surface area contributed by atoms with E-state index < -0.39 is 6.04 Å². The van der Waals surface area contributed by atoms with Gasteiger partial charge < -0.3 is 16.0 Å². The SMILES string of the molecule is CC(C)[C@@H](N)C(=O)NC1CCCN(c2ncccn2)C1.Cl.Cl. The van der Waals surface area contributed by atoms with E-state index in [4.69, 9.17) is 5.73 Å². The topological polar surface area (TPSA) is 84.1 Å². The van der Waals surface area contributed by atoms with Crippen LogP contribution in [0, 0.1) is 5.92 Å². The Morgan fingerprint density at radius 3 is 2.59 bits per heavy atom. The second-order valence-electron chi connectivity index (χ2n) is 5.61. The van der Waals surface area contributed by atoms with Gasteiger partial charge in [-0.2, -0.15) is 0 Å². The highest BCUT2D eigenvalue weighted by Gasteiger charge is 2.25. The minimum atomic E-state index is -0.446. The van der Waals surface area contributed by atoms with Crippen LogP contribution in [0.5, 0.6) is 0 Å². The molecule has 1 amide bonds. The number of hydrogen-bond donors (Lipinski definition) is 2. The van der Waals surface area contributed by atoms with Gasteiger partial charge in [0.15, 0.2) is 0 Å². The number of anilines is 1. The molecule has 22 heavy (non-hydrogen) atoms. The lowest BCUT2D eigenvalue weighted by Gasteiger charge is -2.33. The number of nitrogens with two attached hydrogens (primary N) is 1. The molecule has 1 fully saturated rings. The summed E-state index contributed by atoms with van der Waals surface area (Å²) in [5.74, 6) is 0.799. The first kappa shape index (κ1) is 20.9. The van der Waals surface area contributed by atoms with E-state index in [-0.39, 0.29) is 42.7 Å². The zero-order chi connectivity index (χ0) is 14.5. The molecule has 0 aliphatic carbocycles. The normalized spacial score (nSPS) is 18.9. The summed E-state index contributed by atoms with van der Waals surface area (Å²) in [5.41, 5.74) is 5.87. The number of halogens is 2. The molecule has 1 aromatic heterocycles. The number of amides is 1. The van der Waals surface area contributed by atoms with Crippen LogP contribution in [0.25, 0.3) is 0 Å². The predicted octanol–water partition coefficient (Wildman–Crippen LogP) is 1.39. The first-order chi connectivity index (χ1) is 9.58. The third-order valence-corrected chi connectivity index (χ3v) is 3.62. The molecule has 2 atom stereocenters. The fourth-order valence-electron chi connectivity index (χ4n) is 2.33. The van der Waals surface area contributed by atoms with E-state index in [0.717, 1.165) is 31.9 Å². The fourth-order valence-corrected chi connectivity index (χ4v) is 2.33. The molecule has 1 aliphatic rings. The molecule has 126 valence electrons. The van der Waals surface area contributed by atoms with Crippen molar-refractivity contribution in [2.24, 2.45) is 11.7 Å². The number of nitrogens with zero attached hydrogens (tertiary/aromatic N) is 3. The molecule has 1 saturated heterocycles. The summed E-state index contributed by atoms with van der Waals surface area (Å²) in [4.78, 5) is 22.6. The van der Waals surface area contributed by atoms with Crippen molar-refractivity contribution in [3.63, 3.8) is 0 Å². The predicted molar refractivity (Wildman–Crippen MR) is 92.7 cm³/mol. The summed E-state index contributed by atoms with van der Waals surface area (Å²) in [6, 6.07) is 1.47. The van der Waals surface area contributed by atoms with Crippen molar-refractivity contribution in [3.8, 4) is 0 Å². The smallest absolute Gasteiger partial charge is 0.237 e. The van der Waals surface area contributed by atoms with Gasteiger partial charge >= 0.3 is 0 Å². The Bertz CT molecular complexity index is 446. The van der Waals surface area contributed by atoms with Gasteiger partial charge in [0.05, 0.1) is 6.04 Å². The van der Waals surface area contributed by atoms with Crippen molar-refractivity contribution in [3.05, 3.63) is 18.5 Å². The number of nitrogens with one attached hydrogen (secondary N) is 1. The van der Waals surface area contributed by atoms with Gasteiger partial charge in [-0.25, -0.2) is 9.97 Å². The third kappa shape index (κ3) is 5.59. The number of carbonyl (C=O) groups excluding carboxylic acids is 1. The zero-order valence-electron chi connectivity index (χ0n) is 12.9. The standard InChI is InChI=1S/C14H23N5O.2ClH/c1-10(2)12(15)13(20)18-11-5-3-8-19(9-11)14-16-6-4-7-17-14;;/h4,6-7,10-12H,3,5,8-9,15H2,1-2H3,(H,18,20);2*1H/t11?,12-;;/m1../s1. The van der Waals surface area contributed by atoms with E-state index >= 15 is 0 Å². The lowest BCUT2D eigenvalue weighted by Crippen LogP contribution is -2.53. The number of piperidine rings is 1. The van der Waals surface area contributed by atoms with Gasteiger partial charge in [0.1, 0.15) is 0 Å². The molecule has 0 radical (unpaired) electrons. The molecule has 6 nitrogen and oxygen atoms in total. The quantitative estimate of drug-likeness (QED) is 0.857. The Labute approximate surface area is 144 Å². The van der Waals surface area contributed by atoms with E-state index in [1.165, 1.54) is 0 Å². The van der Waals surface area contributed by atoms with Crippen molar-refractivity contribution in [1.29, 1.82) is 0 Å². The van der Waals surface area contributed by atoms with Crippen molar-refractivity contribution in [2.45, 2.75) is 38.8 Å². The summed E-state index contributed by atoms with van der Waals surface area (Å²) < 4.78 is 0. The lowest BCUT2D eigenvalue weighted by atomic mass is 10.0. The second-order valence-corrected chi connectivity index (χ2v) is 5.61. The number of carbonyl (C=O) groups is 1. The van der Waals surface area contributed by atoms with E-state index in [1.54, 1.807) is 18.5 Å². The minimum absolute atomic E-state index is 0. The van der Waals surface area contributed by atoms with E-state index in [1.807, 2.05) is 13.8 Å². The molecule has 0 saturated carbocycles. The van der Waals surface area contributed by atoms with E-state index in [9.17, 15) is 4.79 Å². The summed E-state index contributed by atoms with van der Waals surface area (Å²) in [6.07, 6.45) is 5.46. The molecule has 0 aromatic carbocycles. The summed E-state index contributed by atoms with van der Waals surface area (Å²) in [7, 11) is 0. The van der Waals surface area contributed by atoms with Gasteiger partial charge in [0.2, 0.25) is 11.9 Å². The number of rotatable bonds is 4. The van der Waals surface area contributed by atoms with Gasteiger partial charge in [-0.3, -0.25) is 4.79 Å². The van der Waals surface area contributed by atoms with Crippen molar-refractivity contribution in [1.82, 2.24) is 15.3 Å². The van der Waals surface area contributed by atoms with Crippen LogP contribution in [0.4, 0.5) is 5.95 Å². The molecule has 0 spiro atoms. The Morgan fingerprint density at radius 1 is 1.36 bits per heavy atom. The van der Waals surface area contributed by atoms with Gasteiger partial charge in [-0.15, -0.1) is 24.8 Å². The molecule has 8 heteroatoms. The van der Waals surface area contributed by atoms with Crippen molar-refractivity contribution < 1.29 is 4.79 Å². The maximum atomic E-state index is 12.0. The van der Waals surface area contributed by atoms with Crippen LogP contribution in [0.15, 0.2) is 18.5 Å². The fraction of sp³-hybridized carbons (Fsp3) is 0.643. The average Bonchev–Trinajstić information content (AvgIpc) is 2.47. The van der Waals surface area contributed by atoms with Crippen LogP contribution in [0.2, 0.25) is 0 Å². The van der Waals surface area contributed by atoms with Gasteiger partial charge in [-0.1, -0.05) is 13.8 Å². The third-order valence-electron chi connectivity index (χ3n) is 3.62. The highest BCUT2D eigenvalue weighted by molar-refractivity contribution is 5.85. The average molecular weight is 350 g/mol. The van der Waals surface area contributed by atoms with E-state index in [2.05, 4.69) is 20.2 Å². The van der Waals surface area contributed by atoms with Crippen LogP contribution >= 0.6 is 24.8 Å². The van der Waals surface area contributed by atoms with Crippen LogP contribution < -0.4 is 16.0 Å². The summed E-state index contributed by atoms with van der Waals surface area (Å²) >= 11 is 0. The molecule has 1 aromatic rings. The molecular weight excluding hydrogens is 325 g/mol. The Hall–Kier alpha value is -1.11. The number of aromatic nitrogens is 2. The Morgan fingerprint density at radius 2 is 2.00 bits per heavy atom. The maximum absolute atomic E-state index is 12.0.